The first-order chi connectivity index (χ1) is 9.43. The summed E-state index contributed by atoms with van der Waals surface area (Å²) in [5, 5.41) is 24.7. The minimum Gasteiger partial charge on any atom is -0.394 e. The highest BCUT2D eigenvalue weighted by Gasteiger charge is 2.56. The van der Waals surface area contributed by atoms with Gasteiger partial charge in [0.15, 0.2) is 11.1 Å². The van der Waals surface area contributed by atoms with Crippen LogP contribution in [0.5, 0.6) is 0 Å². The molecule has 0 spiro atoms. The molecule has 1 fully saturated rings. The van der Waals surface area contributed by atoms with Gasteiger partial charge in [-0.3, -0.25) is 9.78 Å². The third-order valence-corrected chi connectivity index (χ3v) is 3.42. The van der Waals surface area contributed by atoms with Gasteiger partial charge in [-0.15, -0.1) is 0 Å². The molecule has 10 heteroatoms. The monoisotopic (exact) mass is 321 g/mol. The number of nitrogens with zero attached hydrogens (tertiary/aromatic N) is 2. The summed E-state index contributed by atoms with van der Waals surface area (Å²) in [5.74, 6) is 2.33. The topological polar surface area (TPSA) is 117 Å². The van der Waals surface area contributed by atoms with Gasteiger partial charge in [-0.1, -0.05) is 17.5 Å². The first-order valence-corrected chi connectivity index (χ1v) is 6.14. The first-order valence-electron chi connectivity index (χ1n) is 5.38. The molecular weight excluding hydrogens is 313 g/mol. The van der Waals surface area contributed by atoms with Crippen molar-refractivity contribution in [1.29, 1.82) is 0 Å². The fourth-order valence-electron chi connectivity index (χ4n) is 1.87. The molecule has 1 aliphatic rings. The van der Waals surface area contributed by atoms with Gasteiger partial charge in [-0.2, -0.15) is 9.78 Å². The lowest BCUT2D eigenvalue weighted by Crippen LogP contribution is -2.45. The third-order valence-electron chi connectivity index (χ3n) is 2.82. The number of alkyl halides is 1. The Balaban J connectivity index is 2.55. The highest BCUT2D eigenvalue weighted by Crippen LogP contribution is 2.42. The van der Waals surface area contributed by atoms with Crippen LogP contribution in [0, 0.1) is 11.3 Å². The largest absolute Gasteiger partial charge is 0.394 e. The van der Waals surface area contributed by atoms with Crippen LogP contribution in [0.25, 0.3) is 0 Å². The fourth-order valence-corrected chi connectivity index (χ4v) is 2.41. The summed E-state index contributed by atoms with van der Waals surface area (Å²) in [5.41, 5.74) is -1.60. The first kappa shape index (κ1) is 15.0. The van der Waals surface area contributed by atoms with Crippen molar-refractivity contribution in [3.05, 3.63) is 27.0 Å². The van der Waals surface area contributed by atoms with Gasteiger partial charge in [-0.25, -0.2) is 4.79 Å². The Hall–Kier alpha value is -1.37. The zero-order chi connectivity index (χ0) is 14.9. The summed E-state index contributed by atoms with van der Waals surface area (Å²) in [6.45, 7) is -0.547. The average molecular weight is 322 g/mol. The van der Waals surface area contributed by atoms with Crippen LogP contribution in [0.2, 0.25) is 0 Å². The molecule has 3 N–H and O–H groups in total. The van der Waals surface area contributed by atoms with Crippen molar-refractivity contribution in [1.82, 2.24) is 14.8 Å². The number of nitrogens with one attached hydrogen (secondary N) is 1. The Morgan fingerprint density at radius 3 is 2.85 bits per heavy atom. The number of hydrogen-bond acceptors (Lipinski definition) is 6. The molecule has 0 amide bonds. The minimum absolute atomic E-state index is 0.547. The zero-order valence-corrected chi connectivity index (χ0v) is 11.3. The lowest BCUT2D eigenvalue weighted by Gasteiger charge is -2.24. The quantitative estimate of drug-likeness (QED) is 0.444. The predicted molar refractivity (Wildman–Crippen MR) is 68.3 cm³/mol. The van der Waals surface area contributed by atoms with Crippen LogP contribution in [0.15, 0.2) is 15.8 Å². The average Bonchev–Trinajstić information content (AvgIpc) is 2.63. The molecule has 8 nitrogen and oxygen atoms in total. The van der Waals surface area contributed by atoms with E-state index in [-0.39, 0.29) is 0 Å². The minimum atomic E-state index is -1.79. The van der Waals surface area contributed by atoms with Gasteiger partial charge in [0, 0.05) is 5.38 Å². The van der Waals surface area contributed by atoms with E-state index >= 15 is 0 Å². The number of aliphatic hydroxyl groups excluding tert-OH is 2. The summed E-state index contributed by atoms with van der Waals surface area (Å²) >= 11 is 11.5. The summed E-state index contributed by atoms with van der Waals surface area (Å²) in [6, 6.07) is 0. The number of aromatic nitrogens is 3. The Kier molecular flexibility index (Phi) is 4.17. The number of rotatable bonds is 2. The summed E-state index contributed by atoms with van der Waals surface area (Å²) in [6.07, 6.45) is -2.97. The maximum atomic E-state index is 11.7. The standard InChI is InChI=1S/C10H9Cl2N3O5/c11-2-1-10(12)7(18)5(4-16)20-8(10)15-9(19)14-6(17)3-13-15/h3,5,7-8,16,18H,4H2,(H,14,17,19)/t5-,7+,8-,10?/m1/s1. The van der Waals surface area contributed by atoms with Crippen molar-refractivity contribution in [2.75, 3.05) is 6.61 Å². The van der Waals surface area contributed by atoms with Crippen LogP contribution in [-0.2, 0) is 4.74 Å². The van der Waals surface area contributed by atoms with E-state index in [2.05, 4.69) is 11.0 Å². The van der Waals surface area contributed by atoms with Crippen LogP contribution >= 0.6 is 23.2 Å². The lowest BCUT2D eigenvalue weighted by atomic mass is 10.00. The van der Waals surface area contributed by atoms with Gasteiger partial charge in [0.1, 0.15) is 18.4 Å². The van der Waals surface area contributed by atoms with E-state index < -0.39 is 41.2 Å². The molecule has 0 aliphatic carbocycles. The van der Waals surface area contributed by atoms with Gasteiger partial charge in [0.2, 0.25) is 0 Å². The van der Waals surface area contributed by atoms with Gasteiger partial charge >= 0.3 is 5.69 Å². The normalized spacial score (nSPS) is 32.7. The van der Waals surface area contributed by atoms with E-state index in [0.717, 1.165) is 6.20 Å². The molecule has 4 atom stereocenters. The molecule has 108 valence electrons. The maximum absolute atomic E-state index is 11.7. The second-order valence-electron chi connectivity index (χ2n) is 4.03. The summed E-state index contributed by atoms with van der Waals surface area (Å²) in [4.78, 5) is 22.9. The highest BCUT2D eigenvalue weighted by atomic mass is 35.5. The lowest BCUT2D eigenvalue weighted by molar-refractivity contribution is -0.0514. The zero-order valence-electron chi connectivity index (χ0n) is 9.79. The van der Waals surface area contributed by atoms with Gasteiger partial charge < -0.3 is 14.9 Å². The van der Waals surface area contributed by atoms with Crippen LogP contribution in [-0.4, -0.2) is 48.7 Å². The van der Waals surface area contributed by atoms with E-state index in [0.29, 0.717) is 4.68 Å². The SMILES string of the molecule is O=c1cnn([C@@H]2O[C@H](CO)[C@H](O)C2(Cl)C#CCl)c(=O)[nH]1. The molecule has 2 heterocycles. The number of aliphatic hydroxyl groups is 2. The molecule has 20 heavy (non-hydrogen) atoms. The Bertz CT molecular complexity index is 678. The van der Waals surface area contributed by atoms with E-state index in [1.165, 1.54) is 0 Å². The molecule has 0 aromatic carbocycles. The van der Waals surface area contributed by atoms with Gasteiger partial charge in [-0.05, 0) is 11.6 Å². The molecule has 1 unspecified atom stereocenters. The second-order valence-corrected chi connectivity index (χ2v) is 4.84. The molecule has 0 bridgehead atoms. The summed E-state index contributed by atoms with van der Waals surface area (Å²) < 4.78 is 6.00. The number of aromatic amines is 1. The smallest absolute Gasteiger partial charge is 0.347 e. The van der Waals surface area contributed by atoms with Crippen LogP contribution in [0.3, 0.4) is 0 Å². The van der Waals surface area contributed by atoms with Crippen molar-refractivity contribution in [3.63, 3.8) is 0 Å². The number of ether oxygens (including phenoxy) is 1. The van der Waals surface area contributed by atoms with E-state index in [9.17, 15) is 14.7 Å². The molecule has 1 aromatic heterocycles. The van der Waals surface area contributed by atoms with E-state index in [4.69, 9.17) is 33.0 Å². The van der Waals surface area contributed by atoms with Crippen molar-refractivity contribution in [2.45, 2.75) is 23.3 Å². The molecule has 2 rings (SSSR count). The van der Waals surface area contributed by atoms with E-state index in [1.807, 2.05) is 10.4 Å². The Labute approximate surface area is 121 Å². The van der Waals surface area contributed by atoms with Gasteiger partial charge in [0.25, 0.3) is 5.56 Å². The fraction of sp³-hybridized carbons (Fsp3) is 0.500. The van der Waals surface area contributed by atoms with Crippen molar-refractivity contribution < 1.29 is 14.9 Å². The number of halogens is 2. The van der Waals surface area contributed by atoms with Crippen LogP contribution in [0.4, 0.5) is 0 Å². The van der Waals surface area contributed by atoms with Crippen LogP contribution < -0.4 is 11.2 Å². The molecule has 0 radical (unpaired) electrons. The molecule has 1 aromatic rings. The van der Waals surface area contributed by atoms with Crippen molar-refractivity contribution >= 4 is 23.2 Å². The number of H-pyrrole nitrogens is 1. The molecule has 1 aliphatic heterocycles. The molecule has 0 saturated carbocycles. The predicted octanol–water partition coefficient (Wildman–Crippen LogP) is -1.64. The Morgan fingerprint density at radius 2 is 2.30 bits per heavy atom. The van der Waals surface area contributed by atoms with Crippen LogP contribution in [0.1, 0.15) is 6.23 Å². The summed E-state index contributed by atoms with van der Waals surface area (Å²) in [7, 11) is 0. The maximum Gasteiger partial charge on any atom is 0.347 e. The Morgan fingerprint density at radius 1 is 1.60 bits per heavy atom. The number of hydrogen-bond donors (Lipinski definition) is 3. The van der Waals surface area contributed by atoms with Gasteiger partial charge in [0.05, 0.1) is 6.61 Å². The second kappa shape index (κ2) is 5.55. The molecule has 1 saturated heterocycles. The van der Waals surface area contributed by atoms with Crippen molar-refractivity contribution in [3.8, 4) is 11.3 Å². The molecular formula is C10H9Cl2N3O5. The third kappa shape index (κ3) is 2.34. The van der Waals surface area contributed by atoms with E-state index in [1.54, 1.807) is 0 Å². The van der Waals surface area contributed by atoms with Crippen molar-refractivity contribution in [2.24, 2.45) is 0 Å². The highest BCUT2D eigenvalue weighted by molar-refractivity contribution is 6.32.